The Morgan fingerprint density at radius 1 is 1.00 bits per heavy atom. The first-order valence-electron chi connectivity index (χ1n) is 8.28. The summed E-state index contributed by atoms with van der Waals surface area (Å²) in [6, 6.07) is 17.0. The molecule has 0 atom stereocenters. The van der Waals surface area contributed by atoms with Crippen molar-refractivity contribution in [3.8, 4) is 11.4 Å². The van der Waals surface area contributed by atoms with Crippen LogP contribution in [0.1, 0.15) is 23.0 Å². The molecule has 0 unspecified atom stereocenters. The Hall–Kier alpha value is -3.54. The minimum absolute atomic E-state index is 0.0189. The van der Waals surface area contributed by atoms with E-state index >= 15 is 0 Å². The molecule has 4 aromatic rings. The van der Waals surface area contributed by atoms with Crippen molar-refractivity contribution in [2.24, 2.45) is 0 Å². The van der Waals surface area contributed by atoms with E-state index in [-0.39, 0.29) is 5.78 Å². The Kier molecular flexibility index (Phi) is 3.93. The summed E-state index contributed by atoms with van der Waals surface area (Å²) in [4.78, 5) is 23.0. The minimum atomic E-state index is -0.0189. The van der Waals surface area contributed by atoms with Crippen molar-refractivity contribution in [3.63, 3.8) is 0 Å². The molecule has 4 rings (SSSR count). The number of anilines is 1. The van der Waals surface area contributed by atoms with E-state index in [1.807, 2.05) is 61.7 Å². The average molecular weight is 343 g/mol. The number of hydrogen-bond acceptors (Lipinski definition) is 5. The van der Waals surface area contributed by atoms with Crippen molar-refractivity contribution < 1.29 is 4.79 Å². The van der Waals surface area contributed by atoms with Gasteiger partial charge < -0.3 is 0 Å². The molecule has 0 saturated heterocycles. The van der Waals surface area contributed by atoms with Gasteiger partial charge in [-0.3, -0.25) is 10.2 Å². The van der Waals surface area contributed by atoms with E-state index in [0.717, 1.165) is 16.6 Å². The van der Waals surface area contributed by atoms with Crippen LogP contribution in [0.4, 0.5) is 5.82 Å². The fraction of sp³-hybridized carbons (Fsp3) is 0.100. The molecular weight excluding hydrogens is 326 g/mol. The SMILES string of the molecule is CC(=O)c1ccccc1-c1nc(Nn2ccc(C)n2)c2ccccc2n1. The smallest absolute Gasteiger partial charge is 0.162 e. The average Bonchev–Trinajstić information content (AvgIpc) is 3.06. The first-order valence-corrected chi connectivity index (χ1v) is 8.28. The van der Waals surface area contributed by atoms with Gasteiger partial charge in [0.25, 0.3) is 0 Å². The maximum absolute atomic E-state index is 12.0. The molecule has 0 aliphatic heterocycles. The van der Waals surface area contributed by atoms with Crippen molar-refractivity contribution in [2.75, 3.05) is 5.43 Å². The number of ketones is 1. The lowest BCUT2D eigenvalue weighted by atomic mass is 10.0. The number of rotatable bonds is 4. The summed E-state index contributed by atoms with van der Waals surface area (Å²) in [5.74, 6) is 1.11. The second kappa shape index (κ2) is 6.40. The molecule has 0 spiro atoms. The van der Waals surface area contributed by atoms with Gasteiger partial charge in [0.05, 0.1) is 11.2 Å². The topological polar surface area (TPSA) is 72.7 Å². The highest BCUT2D eigenvalue weighted by molar-refractivity contribution is 6.00. The van der Waals surface area contributed by atoms with Crippen molar-refractivity contribution in [1.29, 1.82) is 0 Å². The van der Waals surface area contributed by atoms with Crippen LogP contribution in [0.5, 0.6) is 0 Å². The largest absolute Gasteiger partial charge is 0.294 e. The van der Waals surface area contributed by atoms with Crippen LogP contribution in [0.2, 0.25) is 0 Å². The highest BCUT2D eigenvalue weighted by Gasteiger charge is 2.14. The molecule has 1 N–H and O–H groups in total. The summed E-state index contributed by atoms with van der Waals surface area (Å²) < 4.78 is 0. The first-order chi connectivity index (χ1) is 12.6. The van der Waals surface area contributed by atoms with E-state index in [2.05, 4.69) is 20.5 Å². The number of nitrogens with zero attached hydrogens (tertiary/aromatic N) is 4. The summed E-state index contributed by atoms with van der Waals surface area (Å²) in [7, 11) is 0. The number of hydrogen-bond donors (Lipinski definition) is 1. The molecule has 0 aliphatic rings. The molecule has 0 aliphatic carbocycles. The predicted molar refractivity (Wildman–Crippen MR) is 101 cm³/mol. The molecule has 0 amide bonds. The van der Waals surface area contributed by atoms with Crippen molar-refractivity contribution in [1.82, 2.24) is 19.9 Å². The lowest BCUT2D eigenvalue weighted by molar-refractivity contribution is 0.101. The maximum atomic E-state index is 12.0. The third-order valence-corrected chi connectivity index (χ3v) is 4.09. The summed E-state index contributed by atoms with van der Waals surface area (Å²) in [5.41, 5.74) is 6.20. The van der Waals surface area contributed by atoms with E-state index in [0.29, 0.717) is 22.8 Å². The van der Waals surface area contributed by atoms with Crippen molar-refractivity contribution in [3.05, 3.63) is 72.1 Å². The molecular formula is C20H17N5O. The first kappa shape index (κ1) is 16.0. The van der Waals surface area contributed by atoms with Gasteiger partial charge in [0.2, 0.25) is 0 Å². The zero-order chi connectivity index (χ0) is 18.1. The standard InChI is InChI=1S/C20H17N5O/c1-13-11-12-25(23-13)24-20-17-9-5-6-10-18(17)21-19(22-20)16-8-4-3-7-15(16)14(2)26/h3-12H,1-2H3,(H,21,22,24). The van der Waals surface area contributed by atoms with E-state index in [9.17, 15) is 4.79 Å². The molecule has 26 heavy (non-hydrogen) atoms. The fourth-order valence-electron chi connectivity index (χ4n) is 2.85. The van der Waals surface area contributed by atoms with Gasteiger partial charge in [-0.1, -0.05) is 36.4 Å². The van der Waals surface area contributed by atoms with Crippen LogP contribution >= 0.6 is 0 Å². The van der Waals surface area contributed by atoms with Gasteiger partial charge in [0, 0.05) is 22.7 Å². The lowest BCUT2D eigenvalue weighted by Gasteiger charge is -2.12. The van der Waals surface area contributed by atoms with Crippen molar-refractivity contribution >= 4 is 22.5 Å². The van der Waals surface area contributed by atoms with Gasteiger partial charge in [-0.05, 0) is 32.0 Å². The maximum Gasteiger partial charge on any atom is 0.162 e. The Morgan fingerprint density at radius 3 is 2.54 bits per heavy atom. The molecule has 0 radical (unpaired) electrons. The van der Waals surface area contributed by atoms with E-state index in [4.69, 9.17) is 0 Å². The highest BCUT2D eigenvalue weighted by Crippen LogP contribution is 2.27. The molecule has 2 aromatic heterocycles. The number of carbonyl (C=O) groups excluding carboxylic acids is 1. The van der Waals surface area contributed by atoms with E-state index < -0.39 is 0 Å². The fourth-order valence-corrected chi connectivity index (χ4v) is 2.85. The Balaban J connectivity index is 1.91. The van der Waals surface area contributed by atoms with Crippen LogP contribution < -0.4 is 5.43 Å². The van der Waals surface area contributed by atoms with E-state index in [1.165, 1.54) is 0 Å². The highest BCUT2D eigenvalue weighted by atomic mass is 16.1. The van der Waals surface area contributed by atoms with Crippen LogP contribution in [-0.4, -0.2) is 25.6 Å². The molecule has 0 saturated carbocycles. The molecule has 128 valence electrons. The summed E-state index contributed by atoms with van der Waals surface area (Å²) in [5, 5.41) is 5.23. The number of aromatic nitrogens is 4. The Bertz CT molecular complexity index is 1120. The molecule has 2 aromatic carbocycles. The Labute approximate surface area is 150 Å². The molecule has 0 bridgehead atoms. The number of para-hydroxylation sites is 1. The Morgan fingerprint density at radius 2 is 1.77 bits per heavy atom. The number of aryl methyl sites for hydroxylation is 1. The summed E-state index contributed by atoms with van der Waals surface area (Å²) in [6.07, 6.45) is 1.83. The van der Waals surface area contributed by atoms with Gasteiger partial charge in [0.1, 0.15) is 0 Å². The third-order valence-electron chi connectivity index (χ3n) is 4.09. The zero-order valence-electron chi connectivity index (χ0n) is 14.5. The molecule has 6 nitrogen and oxygen atoms in total. The molecule has 0 fully saturated rings. The quantitative estimate of drug-likeness (QED) is 0.569. The number of benzene rings is 2. The van der Waals surface area contributed by atoms with Crippen LogP contribution in [-0.2, 0) is 0 Å². The van der Waals surface area contributed by atoms with Crippen molar-refractivity contribution in [2.45, 2.75) is 13.8 Å². The predicted octanol–water partition coefficient (Wildman–Crippen LogP) is 3.88. The summed E-state index contributed by atoms with van der Waals surface area (Å²) in [6.45, 7) is 3.47. The van der Waals surface area contributed by atoms with Crippen LogP contribution in [0.15, 0.2) is 60.8 Å². The van der Waals surface area contributed by atoms with Crippen LogP contribution in [0, 0.1) is 6.92 Å². The second-order valence-corrected chi connectivity index (χ2v) is 6.03. The molecule has 6 heteroatoms. The number of fused-ring (bicyclic) bond motifs is 1. The van der Waals surface area contributed by atoms with Crippen LogP contribution in [0.25, 0.3) is 22.3 Å². The van der Waals surface area contributed by atoms with Gasteiger partial charge in [-0.25, -0.2) is 9.97 Å². The van der Waals surface area contributed by atoms with Gasteiger partial charge >= 0.3 is 0 Å². The van der Waals surface area contributed by atoms with Gasteiger partial charge in [-0.15, -0.1) is 0 Å². The summed E-state index contributed by atoms with van der Waals surface area (Å²) >= 11 is 0. The monoisotopic (exact) mass is 343 g/mol. The third kappa shape index (κ3) is 2.93. The van der Waals surface area contributed by atoms with Crippen LogP contribution in [0.3, 0.4) is 0 Å². The van der Waals surface area contributed by atoms with E-state index in [1.54, 1.807) is 17.8 Å². The lowest BCUT2D eigenvalue weighted by Crippen LogP contribution is -2.12. The normalized spacial score (nSPS) is 10.8. The number of Topliss-reactive ketones (excluding diaryl/α,β-unsaturated/α-hetero) is 1. The number of nitrogens with one attached hydrogen (secondary N) is 1. The second-order valence-electron chi connectivity index (χ2n) is 6.03. The minimum Gasteiger partial charge on any atom is -0.294 e. The number of carbonyl (C=O) groups is 1. The zero-order valence-corrected chi connectivity index (χ0v) is 14.5. The van der Waals surface area contributed by atoms with Gasteiger partial charge in [0.15, 0.2) is 17.4 Å². The molecule has 2 heterocycles. The van der Waals surface area contributed by atoms with Gasteiger partial charge in [-0.2, -0.15) is 9.89 Å².